The molecular weight excluding hydrogens is 343 g/mol. The van der Waals surface area contributed by atoms with Crippen LogP contribution in [0.4, 0.5) is 4.39 Å². The fraction of sp³-hybridized carbons (Fsp3) is 0.385. The minimum atomic E-state index is -1.03. The number of carboxylic acids is 1. The molecule has 2 rings (SSSR count). The summed E-state index contributed by atoms with van der Waals surface area (Å²) < 4.78 is 15.8. The van der Waals surface area contributed by atoms with Crippen molar-refractivity contribution in [1.82, 2.24) is 20.2 Å². The van der Waals surface area contributed by atoms with Gasteiger partial charge in [0.05, 0.1) is 17.5 Å². The number of benzene rings is 1. The molecule has 1 N–H and O–H groups in total. The highest BCUT2D eigenvalue weighted by Crippen LogP contribution is 2.31. The Kier molecular flexibility index (Phi) is 4.36. The van der Waals surface area contributed by atoms with Gasteiger partial charge >= 0.3 is 5.97 Å². The first-order valence-electron chi connectivity index (χ1n) is 6.33. The first-order valence-corrected chi connectivity index (χ1v) is 7.12. The molecule has 0 spiro atoms. The van der Waals surface area contributed by atoms with E-state index >= 15 is 0 Å². The number of hydrogen-bond acceptors (Lipinski definition) is 4. The SMILES string of the molecule is CCC(C)(Cn1nnnc1-c1c(F)cccc1Br)C(=O)O. The molecule has 8 heteroatoms. The molecule has 2 aromatic rings. The van der Waals surface area contributed by atoms with Crippen molar-refractivity contribution >= 4 is 21.9 Å². The second-order valence-electron chi connectivity index (χ2n) is 4.98. The third kappa shape index (κ3) is 2.94. The van der Waals surface area contributed by atoms with Gasteiger partial charge in [0.1, 0.15) is 5.82 Å². The maximum Gasteiger partial charge on any atom is 0.311 e. The zero-order valence-electron chi connectivity index (χ0n) is 11.5. The monoisotopic (exact) mass is 356 g/mol. The molecule has 0 saturated carbocycles. The number of nitrogens with zero attached hydrogens (tertiary/aromatic N) is 4. The van der Waals surface area contributed by atoms with Crippen molar-refractivity contribution < 1.29 is 14.3 Å². The van der Waals surface area contributed by atoms with Gasteiger partial charge in [-0.3, -0.25) is 4.79 Å². The van der Waals surface area contributed by atoms with Crippen LogP contribution in [0, 0.1) is 11.2 Å². The standard InChI is InChI=1S/C13H14BrFN4O2/c1-3-13(2,12(20)21)7-19-11(16-17-18-19)10-8(14)5-4-6-9(10)15/h4-6H,3,7H2,1-2H3,(H,20,21). The predicted octanol–water partition coefficient (Wildman–Crippen LogP) is 2.74. The molecule has 1 atom stereocenters. The van der Waals surface area contributed by atoms with E-state index in [1.807, 2.05) is 0 Å². The van der Waals surface area contributed by atoms with E-state index in [0.29, 0.717) is 10.9 Å². The molecule has 1 heterocycles. The number of aliphatic carboxylic acids is 1. The lowest BCUT2D eigenvalue weighted by atomic mass is 9.88. The third-order valence-electron chi connectivity index (χ3n) is 3.51. The van der Waals surface area contributed by atoms with Crippen LogP contribution in [0.2, 0.25) is 0 Å². The van der Waals surface area contributed by atoms with Crippen molar-refractivity contribution in [2.75, 3.05) is 0 Å². The fourth-order valence-corrected chi connectivity index (χ4v) is 2.38. The van der Waals surface area contributed by atoms with Gasteiger partial charge in [0.15, 0.2) is 5.82 Å². The molecule has 6 nitrogen and oxygen atoms in total. The van der Waals surface area contributed by atoms with Crippen LogP contribution in [0.3, 0.4) is 0 Å². The van der Waals surface area contributed by atoms with Gasteiger partial charge in [0, 0.05) is 4.47 Å². The lowest BCUT2D eigenvalue weighted by Crippen LogP contribution is -2.32. The first kappa shape index (κ1) is 15.6. The zero-order chi connectivity index (χ0) is 15.6. The second kappa shape index (κ2) is 5.88. The molecule has 0 bridgehead atoms. The summed E-state index contributed by atoms with van der Waals surface area (Å²) in [6.45, 7) is 3.44. The molecule has 1 aromatic heterocycles. The van der Waals surface area contributed by atoms with Crippen LogP contribution in [0.5, 0.6) is 0 Å². The van der Waals surface area contributed by atoms with E-state index in [-0.39, 0.29) is 17.9 Å². The summed E-state index contributed by atoms with van der Waals surface area (Å²) in [6, 6.07) is 4.54. The van der Waals surface area contributed by atoms with Gasteiger partial charge in [-0.15, -0.1) is 5.10 Å². The number of halogens is 2. The highest BCUT2D eigenvalue weighted by molar-refractivity contribution is 9.10. The molecule has 0 radical (unpaired) electrons. The Morgan fingerprint density at radius 3 is 2.81 bits per heavy atom. The largest absolute Gasteiger partial charge is 0.481 e. The van der Waals surface area contributed by atoms with Crippen molar-refractivity contribution in [1.29, 1.82) is 0 Å². The molecule has 0 aliphatic rings. The molecule has 0 aliphatic carbocycles. The van der Waals surface area contributed by atoms with Crippen molar-refractivity contribution in [2.45, 2.75) is 26.8 Å². The van der Waals surface area contributed by atoms with Gasteiger partial charge in [-0.2, -0.15) is 0 Å². The number of tetrazole rings is 1. The third-order valence-corrected chi connectivity index (χ3v) is 4.17. The van der Waals surface area contributed by atoms with Gasteiger partial charge < -0.3 is 5.11 Å². The van der Waals surface area contributed by atoms with Gasteiger partial charge in [-0.25, -0.2) is 9.07 Å². The van der Waals surface area contributed by atoms with E-state index in [1.54, 1.807) is 26.0 Å². The summed E-state index contributed by atoms with van der Waals surface area (Å²) in [7, 11) is 0. The zero-order valence-corrected chi connectivity index (χ0v) is 13.1. The summed E-state index contributed by atoms with van der Waals surface area (Å²) in [4.78, 5) is 11.4. The van der Waals surface area contributed by atoms with Gasteiger partial charge in [0.2, 0.25) is 0 Å². The topological polar surface area (TPSA) is 80.9 Å². The van der Waals surface area contributed by atoms with E-state index in [2.05, 4.69) is 31.5 Å². The normalized spacial score (nSPS) is 13.9. The maximum atomic E-state index is 14.0. The Morgan fingerprint density at radius 2 is 2.24 bits per heavy atom. The highest BCUT2D eigenvalue weighted by Gasteiger charge is 2.33. The summed E-state index contributed by atoms with van der Waals surface area (Å²) in [5.41, 5.74) is -0.812. The van der Waals surface area contributed by atoms with Crippen LogP contribution in [-0.4, -0.2) is 31.3 Å². The van der Waals surface area contributed by atoms with Crippen molar-refractivity contribution in [3.8, 4) is 11.4 Å². The Hall–Kier alpha value is -1.83. The summed E-state index contributed by atoms with van der Waals surface area (Å²) in [6.07, 6.45) is 0.403. The molecule has 1 unspecified atom stereocenters. The van der Waals surface area contributed by atoms with Crippen LogP contribution in [0.15, 0.2) is 22.7 Å². The summed E-state index contributed by atoms with van der Waals surface area (Å²) >= 11 is 3.26. The quantitative estimate of drug-likeness (QED) is 0.890. The number of aromatic nitrogens is 4. The lowest BCUT2D eigenvalue weighted by molar-refractivity contribution is -0.149. The van der Waals surface area contributed by atoms with E-state index < -0.39 is 17.2 Å². The van der Waals surface area contributed by atoms with Crippen LogP contribution in [0.25, 0.3) is 11.4 Å². The lowest BCUT2D eigenvalue weighted by Gasteiger charge is -2.23. The molecular formula is C13H14BrFN4O2. The first-order chi connectivity index (χ1) is 9.89. The average Bonchev–Trinajstić information content (AvgIpc) is 2.86. The molecule has 0 fully saturated rings. The minimum Gasteiger partial charge on any atom is -0.481 e. The van der Waals surface area contributed by atoms with Crippen molar-refractivity contribution in [3.05, 3.63) is 28.5 Å². The van der Waals surface area contributed by atoms with Crippen LogP contribution >= 0.6 is 15.9 Å². The highest BCUT2D eigenvalue weighted by atomic mass is 79.9. The molecule has 21 heavy (non-hydrogen) atoms. The minimum absolute atomic E-state index is 0.0575. The Balaban J connectivity index is 2.47. The van der Waals surface area contributed by atoms with Gasteiger partial charge in [-0.1, -0.05) is 13.0 Å². The summed E-state index contributed by atoms with van der Waals surface area (Å²) in [5.74, 6) is -1.23. The van der Waals surface area contributed by atoms with Crippen LogP contribution < -0.4 is 0 Å². The summed E-state index contributed by atoms with van der Waals surface area (Å²) in [5, 5.41) is 20.5. The average molecular weight is 357 g/mol. The van der Waals surface area contributed by atoms with Crippen LogP contribution in [-0.2, 0) is 11.3 Å². The number of rotatable bonds is 5. The van der Waals surface area contributed by atoms with Gasteiger partial charge in [0.25, 0.3) is 0 Å². The Bertz CT molecular complexity index is 656. The van der Waals surface area contributed by atoms with E-state index in [9.17, 15) is 14.3 Å². The number of carboxylic acid groups (broad SMARTS) is 1. The van der Waals surface area contributed by atoms with Crippen molar-refractivity contribution in [2.24, 2.45) is 5.41 Å². The molecule has 0 saturated heterocycles. The smallest absolute Gasteiger partial charge is 0.311 e. The Morgan fingerprint density at radius 1 is 1.52 bits per heavy atom. The maximum absolute atomic E-state index is 14.0. The van der Waals surface area contributed by atoms with E-state index in [0.717, 1.165) is 0 Å². The molecule has 0 amide bonds. The molecule has 112 valence electrons. The number of hydrogen-bond donors (Lipinski definition) is 1. The van der Waals surface area contributed by atoms with E-state index in [1.165, 1.54) is 10.7 Å². The fourth-order valence-electron chi connectivity index (χ4n) is 1.86. The Labute approximate surface area is 129 Å². The molecule has 0 aliphatic heterocycles. The van der Waals surface area contributed by atoms with Gasteiger partial charge in [-0.05, 0) is 51.8 Å². The molecule has 1 aromatic carbocycles. The van der Waals surface area contributed by atoms with Crippen LogP contribution in [0.1, 0.15) is 20.3 Å². The number of carbonyl (C=O) groups is 1. The predicted molar refractivity (Wildman–Crippen MR) is 76.9 cm³/mol. The second-order valence-corrected chi connectivity index (χ2v) is 5.83. The van der Waals surface area contributed by atoms with Crippen molar-refractivity contribution in [3.63, 3.8) is 0 Å². The van der Waals surface area contributed by atoms with E-state index in [4.69, 9.17) is 0 Å².